The molecule has 138 valence electrons. The van der Waals surface area contributed by atoms with Gasteiger partial charge in [-0.2, -0.15) is 0 Å². The number of unbranched alkanes of at least 4 members (excludes halogenated alkanes) is 5. The molecule has 0 spiro atoms. The Morgan fingerprint density at radius 2 is 0.773 bits per heavy atom. The van der Waals surface area contributed by atoms with Crippen molar-refractivity contribution in [3.8, 4) is 0 Å². The van der Waals surface area contributed by atoms with Gasteiger partial charge in [0.15, 0.2) is 0 Å². The highest BCUT2D eigenvalue weighted by atomic mass is 31.0. The molecule has 0 bridgehead atoms. The van der Waals surface area contributed by atoms with E-state index < -0.39 is 0 Å². The summed E-state index contributed by atoms with van der Waals surface area (Å²) in [4.78, 5) is 0. The summed E-state index contributed by atoms with van der Waals surface area (Å²) < 4.78 is 0. The number of hydrogen-bond donors (Lipinski definition) is 6. The zero-order valence-corrected chi connectivity index (χ0v) is 14.9. The molecule has 0 radical (unpaired) electrons. The van der Waals surface area contributed by atoms with E-state index in [2.05, 4.69) is 9.24 Å². The van der Waals surface area contributed by atoms with E-state index in [0.717, 1.165) is 57.8 Å². The maximum atomic E-state index is 8.66. The van der Waals surface area contributed by atoms with Crippen molar-refractivity contribution in [3.05, 3.63) is 0 Å². The predicted molar refractivity (Wildman–Crippen MR) is 92.7 cm³/mol. The highest BCUT2D eigenvalue weighted by Gasteiger charge is 1.92. The first kappa shape index (κ1) is 27.1. The minimum Gasteiger partial charge on any atom is -0.396 e. The standard InChI is InChI=1S/C5H13O2P.2C5H12O2/c6-4-2-1-3-5(7)8;2*6-4-2-1-3-5-7/h5-7H,1-4,8H2;2*6-7H,1-5H2. The lowest BCUT2D eigenvalue weighted by atomic mass is 10.2. The molecule has 0 saturated heterocycles. The van der Waals surface area contributed by atoms with Crippen molar-refractivity contribution in [1.82, 2.24) is 0 Å². The van der Waals surface area contributed by atoms with Gasteiger partial charge >= 0.3 is 0 Å². The number of aliphatic hydroxyl groups is 6. The monoisotopic (exact) mass is 344 g/mol. The van der Waals surface area contributed by atoms with E-state index in [1.54, 1.807) is 0 Å². The predicted octanol–water partition coefficient (Wildman–Crippen LogP) is 0.625. The van der Waals surface area contributed by atoms with E-state index in [-0.39, 0.29) is 38.9 Å². The van der Waals surface area contributed by atoms with E-state index in [0.29, 0.717) is 0 Å². The van der Waals surface area contributed by atoms with Crippen molar-refractivity contribution in [2.24, 2.45) is 0 Å². The van der Waals surface area contributed by atoms with E-state index >= 15 is 0 Å². The molecule has 6 nitrogen and oxygen atoms in total. The van der Waals surface area contributed by atoms with E-state index in [1.807, 2.05) is 0 Å². The Hall–Kier alpha value is 0.190. The minimum atomic E-state index is -0.290. The van der Waals surface area contributed by atoms with Crippen LogP contribution in [0.5, 0.6) is 0 Å². The van der Waals surface area contributed by atoms with Crippen LogP contribution in [0.15, 0.2) is 0 Å². The molecule has 0 fully saturated rings. The molecule has 0 aliphatic rings. The van der Waals surface area contributed by atoms with Crippen LogP contribution in [-0.4, -0.2) is 69.5 Å². The molecule has 2 unspecified atom stereocenters. The fraction of sp³-hybridized carbons (Fsp3) is 1.00. The van der Waals surface area contributed by atoms with Gasteiger partial charge in [0.2, 0.25) is 0 Å². The summed E-state index contributed by atoms with van der Waals surface area (Å²) in [7, 11) is 2.30. The Kier molecular flexibility index (Phi) is 35.9. The summed E-state index contributed by atoms with van der Waals surface area (Å²) in [6.07, 6.45) is 7.63. The smallest absolute Gasteiger partial charge is 0.0673 e. The molecular formula is C15H37O6P. The van der Waals surface area contributed by atoms with Crippen molar-refractivity contribution in [1.29, 1.82) is 0 Å². The first-order chi connectivity index (χ1) is 10.6. The van der Waals surface area contributed by atoms with Crippen LogP contribution in [0.4, 0.5) is 0 Å². The van der Waals surface area contributed by atoms with Crippen LogP contribution in [0, 0.1) is 0 Å². The lowest BCUT2D eigenvalue weighted by molar-refractivity contribution is 0.233. The van der Waals surface area contributed by atoms with Crippen LogP contribution < -0.4 is 0 Å². The van der Waals surface area contributed by atoms with Crippen LogP contribution in [0.2, 0.25) is 0 Å². The van der Waals surface area contributed by atoms with Crippen LogP contribution in [-0.2, 0) is 0 Å². The number of aliphatic hydroxyl groups excluding tert-OH is 6. The van der Waals surface area contributed by atoms with Crippen LogP contribution in [0.3, 0.4) is 0 Å². The van der Waals surface area contributed by atoms with E-state index in [4.69, 9.17) is 30.6 Å². The third-order valence-corrected chi connectivity index (χ3v) is 2.87. The summed E-state index contributed by atoms with van der Waals surface area (Å²) >= 11 is 0. The minimum absolute atomic E-state index is 0.234. The molecule has 6 N–H and O–H groups in total. The van der Waals surface area contributed by atoms with Gasteiger partial charge in [0.1, 0.15) is 0 Å². The lowest BCUT2D eigenvalue weighted by Gasteiger charge is -1.99. The molecular weight excluding hydrogens is 307 g/mol. The average Bonchev–Trinajstić information content (AvgIpc) is 2.50. The normalized spacial score (nSPS) is 11.0. The zero-order chi connectivity index (χ0) is 17.5. The largest absolute Gasteiger partial charge is 0.396 e. The molecule has 7 heteroatoms. The van der Waals surface area contributed by atoms with Gasteiger partial charge in [-0.15, -0.1) is 9.24 Å². The molecule has 0 aromatic heterocycles. The van der Waals surface area contributed by atoms with E-state index in [1.165, 1.54) is 0 Å². The van der Waals surface area contributed by atoms with Gasteiger partial charge in [-0.05, 0) is 57.8 Å². The van der Waals surface area contributed by atoms with Crippen LogP contribution >= 0.6 is 9.24 Å². The summed E-state index contributed by atoms with van der Waals surface area (Å²) in [6, 6.07) is 0. The number of rotatable bonds is 12. The molecule has 0 aliphatic heterocycles. The molecule has 2 atom stereocenters. The van der Waals surface area contributed by atoms with Gasteiger partial charge in [-0.3, -0.25) is 0 Å². The molecule has 0 heterocycles. The van der Waals surface area contributed by atoms with Crippen LogP contribution in [0.25, 0.3) is 0 Å². The second kappa shape index (κ2) is 29.2. The number of hydrogen-bond acceptors (Lipinski definition) is 6. The average molecular weight is 344 g/mol. The fourth-order valence-corrected chi connectivity index (χ4v) is 1.50. The quantitative estimate of drug-likeness (QED) is 0.228. The molecule has 0 aliphatic carbocycles. The van der Waals surface area contributed by atoms with Gasteiger partial charge in [0.05, 0.1) is 5.85 Å². The Bertz CT molecular complexity index is 143. The maximum Gasteiger partial charge on any atom is 0.0673 e. The first-order valence-electron chi connectivity index (χ1n) is 8.08. The van der Waals surface area contributed by atoms with Crippen molar-refractivity contribution in [2.75, 3.05) is 33.0 Å². The second-order valence-electron chi connectivity index (χ2n) is 4.80. The summed E-state index contributed by atoms with van der Waals surface area (Å²) in [5, 5.41) is 49.8. The van der Waals surface area contributed by atoms with Gasteiger partial charge < -0.3 is 30.6 Å². The van der Waals surface area contributed by atoms with Gasteiger partial charge in [-0.25, -0.2) is 0 Å². The van der Waals surface area contributed by atoms with Crippen LogP contribution in [0.1, 0.15) is 57.8 Å². The Morgan fingerprint density at radius 3 is 1.00 bits per heavy atom. The third-order valence-electron chi connectivity index (χ3n) is 2.54. The highest BCUT2D eigenvalue weighted by Crippen LogP contribution is 2.05. The fourth-order valence-electron chi connectivity index (χ4n) is 1.27. The zero-order valence-electron chi connectivity index (χ0n) is 13.7. The Morgan fingerprint density at radius 1 is 0.500 bits per heavy atom. The maximum absolute atomic E-state index is 8.66. The van der Waals surface area contributed by atoms with Gasteiger partial charge in [0, 0.05) is 33.0 Å². The van der Waals surface area contributed by atoms with Gasteiger partial charge in [-0.1, -0.05) is 0 Å². The van der Waals surface area contributed by atoms with E-state index in [9.17, 15) is 0 Å². The SMILES string of the molecule is OCCCCC(O)P.OCCCCCO.OCCCCCO. The molecule has 0 saturated carbocycles. The molecule has 0 rings (SSSR count). The molecule has 0 aromatic carbocycles. The summed E-state index contributed by atoms with van der Waals surface area (Å²) in [5.74, 6) is -0.290. The van der Waals surface area contributed by atoms with Gasteiger partial charge in [0.25, 0.3) is 0 Å². The molecule has 0 amide bonds. The van der Waals surface area contributed by atoms with Crippen molar-refractivity contribution < 1.29 is 30.6 Å². The third kappa shape index (κ3) is 42.7. The van der Waals surface area contributed by atoms with Crippen molar-refractivity contribution in [3.63, 3.8) is 0 Å². The Labute approximate surface area is 137 Å². The summed E-state index contributed by atoms with van der Waals surface area (Å²) in [6.45, 7) is 1.23. The molecule has 22 heavy (non-hydrogen) atoms. The molecule has 0 aromatic rings. The topological polar surface area (TPSA) is 121 Å². The summed E-state index contributed by atoms with van der Waals surface area (Å²) in [5.41, 5.74) is 0. The highest BCUT2D eigenvalue weighted by molar-refractivity contribution is 7.17. The first-order valence-corrected chi connectivity index (χ1v) is 8.75. The van der Waals surface area contributed by atoms with Crippen molar-refractivity contribution >= 4 is 9.24 Å². The Balaban J connectivity index is -0.000000247. The lowest BCUT2D eigenvalue weighted by Crippen LogP contribution is -1.94. The second-order valence-corrected chi connectivity index (χ2v) is 5.57. The van der Waals surface area contributed by atoms with Crippen molar-refractivity contribution in [2.45, 2.75) is 63.6 Å².